The number of carboxylic acid groups (broad SMARTS) is 1. The molecule has 0 unspecified atom stereocenters. The Bertz CT molecular complexity index is 982. The van der Waals surface area contributed by atoms with Gasteiger partial charge in [0.2, 0.25) is 5.88 Å². The molecule has 2 aromatic carbocycles. The molecule has 1 amide bonds. The standard InChI is InChI=1S/C19H16N2O4/c1-11-7-16(10-20-18(11)25-2)21-17(22)14-5-3-13-9-15(19(23)24)6-4-12(13)8-14/h3-10H,1-2H3,(H,21,22)(H,23,24). The number of hydrogen-bond donors (Lipinski definition) is 2. The molecule has 0 aliphatic heterocycles. The number of amides is 1. The Balaban J connectivity index is 1.85. The Hall–Kier alpha value is -3.41. The van der Waals surface area contributed by atoms with E-state index in [9.17, 15) is 9.59 Å². The molecule has 1 heterocycles. The first-order chi connectivity index (χ1) is 12.0. The van der Waals surface area contributed by atoms with Crippen LogP contribution in [0, 0.1) is 6.92 Å². The Morgan fingerprint density at radius 3 is 2.28 bits per heavy atom. The Labute approximate surface area is 144 Å². The summed E-state index contributed by atoms with van der Waals surface area (Å²) in [6.07, 6.45) is 1.53. The third-order valence-electron chi connectivity index (χ3n) is 3.83. The van der Waals surface area contributed by atoms with Crippen LogP contribution in [0.3, 0.4) is 0 Å². The van der Waals surface area contributed by atoms with E-state index in [1.807, 2.05) is 6.92 Å². The van der Waals surface area contributed by atoms with Crippen molar-refractivity contribution in [1.82, 2.24) is 4.98 Å². The summed E-state index contributed by atoms with van der Waals surface area (Å²) in [5, 5.41) is 13.4. The van der Waals surface area contributed by atoms with E-state index in [4.69, 9.17) is 9.84 Å². The van der Waals surface area contributed by atoms with Crippen LogP contribution in [-0.4, -0.2) is 29.1 Å². The summed E-state index contributed by atoms with van der Waals surface area (Å²) in [4.78, 5) is 27.6. The van der Waals surface area contributed by atoms with Gasteiger partial charge >= 0.3 is 5.97 Å². The molecule has 1 aromatic heterocycles. The number of hydrogen-bond acceptors (Lipinski definition) is 4. The molecule has 0 aliphatic rings. The van der Waals surface area contributed by atoms with Gasteiger partial charge in [-0.15, -0.1) is 0 Å². The van der Waals surface area contributed by atoms with Crippen molar-refractivity contribution in [2.24, 2.45) is 0 Å². The number of aromatic carboxylic acids is 1. The number of nitrogens with zero attached hydrogens (tertiary/aromatic N) is 1. The van der Waals surface area contributed by atoms with Gasteiger partial charge in [0.05, 0.1) is 24.6 Å². The van der Waals surface area contributed by atoms with Crippen molar-refractivity contribution in [2.45, 2.75) is 6.92 Å². The van der Waals surface area contributed by atoms with Gasteiger partial charge in [0.15, 0.2) is 0 Å². The maximum atomic E-state index is 12.4. The maximum Gasteiger partial charge on any atom is 0.335 e. The van der Waals surface area contributed by atoms with Crippen molar-refractivity contribution in [3.05, 3.63) is 65.4 Å². The number of methoxy groups -OCH3 is 1. The van der Waals surface area contributed by atoms with E-state index in [-0.39, 0.29) is 11.5 Å². The van der Waals surface area contributed by atoms with Crippen molar-refractivity contribution >= 4 is 28.3 Å². The van der Waals surface area contributed by atoms with Crippen molar-refractivity contribution in [1.29, 1.82) is 0 Å². The van der Waals surface area contributed by atoms with Gasteiger partial charge in [-0.05, 0) is 48.0 Å². The zero-order valence-electron chi connectivity index (χ0n) is 13.7. The Kier molecular flexibility index (Phi) is 4.35. The molecule has 126 valence electrons. The van der Waals surface area contributed by atoms with E-state index >= 15 is 0 Å². The lowest BCUT2D eigenvalue weighted by Gasteiger charge is -2.09. The number of nitrogens with one attached hydrogen (secondary N) is 1. The van der Waals surface area contributed by atoms with E-state index < -0.39 is 5.97 Å². The second kappa shape index (κ2) is 6.60. The van der Waals surface area contributed by atoms with Crippen molar-refractivity contribution < 1.29 is 19.4 Å². The van der Waals surface area contributed by atoms with Gasteiger partial charge in [0.1, 0.15) is 0 Å². The average molecular weight is 336 g/mol. The lowest BCUT2D eigenvalue weighted by molar-refractivity contribution is 0.0697. The fraction of sp³-hybridized carbons (Fsp3) is 0.105. The number of carboxylic acids is 1. The molecule has 0 saturated carbocycles. The lowest BCUT2D eigenvalue weighted by Crippen LogP contribution is -2.12. The molecule has 6 heteroatoms. The number of ether oxygens (including phenoxy) is 1. The Morgan fingerprint density at radius 1 is 1.04 bits per heavy atom. The van der Waals surface area contributed by atoms with E-state index in [0.29, 0.717) is 17.1 Å². The number of pyridine rings is 1. The first-order valence-corrected chi connectivity index (χ1v) is 7.57. The molecule has 0 atom stereocenters. The quantitative estimate of drug-likeness (QED) is 0.761. The van der Waals surface area contributed by atoms with E-state index in [0.717, 1.165) is 16.3 Å². The summed E-state index contributed by atoms with van der Waals surface area (Å²) in [6, 6.07) is 11.7. The first kappa shape index (κ1) is 16.4. The van der Waals surface area contributed by atoms with Crippen LogP contribution in [0.2, 0.25) is 0 Å². The van der Waals surface area contributed by atoms with Crippen LogP contribution in [0.4, 0.5) is 5.69 Å². The van der Waals surface area contributed by atoms with Crippen LogP contribution in [0.5, 0.6) is 5.88 Å². The molecule has 2 N–H and O–H groups in total. The van der Waals surface area contributed by atoms with Gasteiger partial charge in [-0.2, -0.15) is 0 Å². The predicted octanol–water partition coefficient (Wildman–Crippen LogP) is 3.50. The highest BCUT2D eigenvalue weighted by atomic mass is 16.5. The zero-order valence-corrected chi connectivity index (χ0v) is 13.7. The van der Waals surface area contributed by atoms with E-state index in [2.05, 4.69) is 10.3 Å². The van der Waals surface area contributed by atoms with Crippen molar-refractivity contribution in [3.63, 3.8) is 0 Å². The second-order valence-electron chi connectivity index (χ2n) is 5.59. The molecule has 25 heavy (non-hydrogen) atoms. The minimum absolute atomic E-state index is 0.212. The number of rotatable bonds is 4. The Morgan fingerprint density at radius 2 is 1.68 bits per heavy atom. The molecule has 0 fully saturated rings. The number of fused-ring (bicyclic) bond motifs is 1. The van der Waals surface area contributed by atoms with Crippen LogP contribution in [0.25, 0.3) is 10.8 Å². The summed E-state index contributed by atoms with van der Waals surface area (Å²) in [5.41, 5.74) is 2.08. The third kappa shape index (κ3) is 3.42. The third-order valence-corrected chi connectivity index (χ3v) is 3.83. The summed E-state index contributed by atoms with van der Waals surface area (Å²) in [5.74, 6) is -0.736. The fourth-order valence-corrected chi connectivity index (χ4v) is 2.57. The average Bonchev–Trinajstić information content (AvgIpc) is 2.60. The number of benzene rings is 2. The summed E-state index contributed by atoms with van der Waals surface area (Å²) < 4.78 is 5.10. The fourth-order valence-electron chi connectivity index (χ4n) is 2.57. The van der Waals surface area contributed by atoms with E-state index in [1.165, 1.54) is 12.3 Å². The smallest absolute Gasteiger partial charge is 0.335 e. The SMILES string of the molecule is COc1ncc(NC(=O)c2ccc3cc(C(=O)O)ccc3c2)cc1C. The van der Waals surface area contributed by atoms with Crippen LogP contribution in [-0.2, 0) is 0 Å². The minimum atomic E-state index is -0.980. The highest BCUT2D eigenvalue weighted by molar-refractivity contribution is 6.06. The molecule has 0 aliphatic carbocycles. The van der Waals surface area contributed by atoms with Gasteiger partial charge in [-0.3, -0.25) is 4.79 Å². The summed E-state index contributed by atoms with van der Waals surface area (Å²) >= 11 is 0. The van der Waals surface area contributed by atoms with Crippen LogP contribution in [0.1, 0.15) is 26.3 Å². The van der Waals surface area contributed by atoms with Gasteiger partial charge in [-0.25, -0.2) is 9.78 Å². The number of carbonyl (C=O) groups excluding carboxylic acids is 1. The highest BCUT2D eigenvalue weighted by Gasteiger charge is 2.10. The summed E-state index contributed by atoms with van der Waals surface area (Å²) in [7, 11) is 1.54. The maximum absolute atomic E-state index is 12.4. The molecule has 0 bridgehead atoms. The number of anilines is 1. The monoisotopic (exact) mass is 336 g/mol. The molecule has 6 nitrogen and oxygen atoms in total. The minimum Gasteiger partial charge on any atom is -0.481 e. The van der Waals surface area contributed by atoms with Crippen LogP contribution in [0.15, 0.2) is 48.7 Å². The molecular formula is C19H16N2O4. The van der Waals surface area contributed by atoms with Crippen molar-refractivity contribution in [3.8, 4) is 5.88 Å². The van der Waals surface area contributed by atoms with Gasteiger partial charge in [0.25, 0.3) is 5.91 Å². The highest BCUT2D eigenvalue weighted by Crippen LogP contribution is 2.21. The van der Waals surface area contributed by atoms with Gasteiger partial charge in [-0.1, -0.05) is 12.1 Å². The lowest BCUT2D eigenvalue weighted by atomic mass is 10.0. The first-order valence-electron chi connectivity index (χ1n) is 7.57. The molecule has 3 rings (SSSR count). The van der Waals surface area contributed by atoms with Crippen LogP contribution < -0.4 is 10.1 Å². The van der Waals surface area contributed by atoms with Gasteiger partial charge < -0.3 is 15.2 Å². The second-order valence-corrected chi connectivity index (χ2v) is 5.59. The number of aryl methyl sites for hydroxylation is 1. The number of carbonyl (C=O) groups is 2. The van der Waals surface area contributed by atoms with Gasteiger partial charge in [0, 0.05) is 11.1 Å². The normalized spacial score (nSPS) is 10.5. The molecule has 0 saturated heterocycles. The summed E-state index contributed by atoms with van der Waals surface area (Å²) in [6.45, 7) is 1.84. The largest absolute Gasteiger partial charge is 0.481 e. The predicted molar refractivity (Wildman–Crippen MR) is 94.4 cm³/mol. The molecular weight excluding hydrogens is 320 g/mol. The zero-order chi connectivity index (χ0) is 18.0. The van der Waals surface area contributed by atoms with Crippen LogP contribution >= 0.6 is 0 Å². The van der Waals surface area contributed by atoms with Crippen molar-refractivity contribution in [2.75, 3.05) is 12.4 Å². The number of aromatic nitrogens is 1. The van der Waals surface area contributed by atoms with E-state index in [1.54, 1.807) is 43.5 Å². The molecule has 0 spiro atoms. The molecule has 3 aromatic rings. The molecule has 0 radical (unpaired) electrons. The topological polar surface area (TPSA) is 88.5 Å².